The average Bonchev–Trinajstić information content (AvgIpc) is 3.52. The Morgan fingerprint density at radius 3 is 1.94 bits per heavy atom. The van der Waals surface area contributed by atoms with Crippen molar-refractivity contribution >= 4 is 16.7 Å². The molecule has 2 aliphatic carbocycles. The first-order chi connectivity index (χ1) is 17.3. The van der Waals surface area contributed by atoms with Crippen molar-refractivity contribution in [1.82, 2.24) is 0 Å². The Balaban J connectivity index is 1.82. The van der Waals surface area contributed by atoms with Crippen LogP contribution in [0.25, 0.3) is 11.1 Å². The van der Waals surface area contributed by atoms with E-state index in [-0.39, 0.29) is 0 Å². The van der Waals surface area contributed by atoms with Crippen molar-refractivity contribution in [3.8, 4) is 11.1 Å². The molecule has 0 saturated heterocycles. The van der Waals surface area contributed by atoms with Crippen LogP contribution in [0, 0.1) is 27.7 Å². The van der Waals surface area contributed by atoms with Gasteiger partial charge in [-0.25, -0.2) is 0 Å². The van der Waals surface area contributed by atoms with Crippen LogP contribution in [0.1, 0.15) is 39.8 Å². The summed E-state index contributed by atoms with van der Waals surface area (Å²) in [6.07, 6.45) is 9.24. The van der Waals surface area contributed by atoms with E-state index in [1.165, 1.54) is 38.9 Å². The van der Waals surface area contributed by atoms with Crippen LogP contribution in [0.15, 0.2) is 100 Å². The van der Waals surface area contributed by atoms with Crippen LogP contribution in [-0.2, 0) is 23.8 Å². The van der Waals surface area contributed by atoms with Gasteiger partial charge in [0.05, 0.1) is 0 Å². The summed E-state index contributed by atoms with van der Waals surface area (Å²) in [7, 11) is 0. The molecule has 36 heavy (non-hydrogen) atoms. The van der Waals surface area contributed by atoms with Gasteiger partial charge in [-0.3, -0.25) is 0 Å². The van der Waals surface area contributed by atoms with Gasteiger partial charge in [0.25, 0.3) is 0 Å². The van der Waals surface area contributed by atoms with Gasteiger partial charge in [-0.2, -0.15) is 0 Å². The summed E-state index contributed by atoms with van der Waals surface area (Å²) >= 11 is -4.33. The SMILES string of the molecule is Cc1ccc[c]([Zr](=[SiH2])([C]2=CC=CC2)([c]2cccc(C)c2)[c]2c(C)ccc3c2Cc2cc(C)ccc2-3)c1. The molecule has 6 rings (SSSR count). The predicted molar refractivity (Wildman–Crippen MR) is 156 cm³/mol. The van der Waals surface area contributed by atoms with E-state index in [4.69, 9.17) is 0 Å². The molecule has 0 bridgehead atoms. The number of benzene rings is 4. The molecule has 2 aliphatic rings. The number of hydrogen-bond acceptors (Lipinski definition) is 0. The van der Waals surface area contributed by atoms with Crippen LogP contribution in [0.4, 0.5) is 0 Å². The Morgan fingerprint density at radius 2 is 1.33 bits per heavy atom. The minimum absolute atomic E-state index is 1.03. The van der Waals surface area contributed by atoms with Gasteiger partial charge in [0, 0.05) is 0 Å². The van der Waals surface area contributed by atoms with E-state index >= 15 is 0 Å². The molecule has 0 N–H and O–H groups in total. The molecule has 0 atom stereocenters. The van der Waals surface area contributed by atoms with Crippen LogP contribution in [-0.4, -0.2) is 6.88 Å². The molecule has 0 aliphatic heterocycles. The molecule has 178 valence electrons. The van der Waals surface area contributed by atoms with Crippen LogP contribution < -0.4 is 9.81 Å². The summed E-state index contributed by atoms with van der Waals surface area (Å²) in [5, 5.41) is 0. The first-order valence-electron chi connectivity index (χ1n) is 13.1. The first-order valence-corrected chi connectivity index (χ1v) is 23.9. The van der Waals surface area contributed by atoms with Crippen LogP contribution in [0.2, 0.25) is 0 Å². The van der Waals surface area contributed by atoms with E-state index < -0.39 is 17.4 Å². The average molecular weight is 562 g/mol. The van der Waals surface area contributed by atoms with Gasteiger partial charge < -0.3 is 0 Å². The van der Waals surface area contributed by atoms with Gasteiger partial charge in [0.15, 0.2) is 0 Å². The second-order valence-corrected chi connectivity index (χ2v) is 32.3. The Morgan fingerprint density at radius 1 is 0.694 bits per heavy atom. The van der Waals surface area contributed by atoms with E-state index in [0.29, 0.717) is 0 Å². The summed E-state index contributed by atoms with van der Waals surface area (Å²) in [5.74, 6) is 0. The minimum atomic E-state index is -4.33. The second kappa shape index (κ2) is 8.51. The molecule has 4 aromatic carbocycles. The van der Waals surface area contributed by atoms with Gasteiger partial charge >= 0.3 is 220 Å². The first kappa shape index (κ1) is 23.8. The second-order valence-electron chi connectivity index (χ2n) is 11.1. The fourth-order valence-corrected chi connectivity index (χ4v) is 31.1. The van der Waals surface area contributed by atoms with E-state index in [2.05, 4.69) is 132 Å². The molecule has 2 heteroatoms. The zero-order valence-corrected chi connectivity index (χ0v) is 25.7. The summed E-state index contributed by atoms with van der Waals surface area (Å²) in [6, 6.07) is 30.9. The maximum atomic E-state index is 2.52. The summed E-state index contributed by atoms with van der Waals surface area (Å²) in [6.45, 7) is 11.5. The van der Waals surface area contributed by atoms with E-state index in [9.17, 15) is 0 Å². The molecule has 0 amide bonds. The van der Waals surface area contributed by atoms with Crippen LogP contribution >= 0.6 is 0 Å². The number of rotatable bonds is 4. The fourth-order valence-electron chi connectivity index (χ4n) is 7.11. The molecule has 0 heterocycles. The quantitative estimate of drug-likeness (QED) is 0.242. The van der Waals surface area contributed by atoms with Crippen LogP contribution in [0.3, 0.4) is 0 Å². The van der Waals surface area contributed by atoms with E-state index in [1.54, 1.807) is 18.7 Å². The topological polar surface area (TPSA) is 0 Å². The normalized spacial score (nSPS) is 14.5. The van der Waals surface area contributed by atoms with Gasteiger partial charge in [0.2, 0.25) is 0 Å². The number of aryl methyl sites for hydroxylation is 4. The van der Waals surface area contributed by atoms with Crippen molar-refractivity contribution in [3.05, 3.63) is 134 Å². The number of allylic oxidation sites excluding steroid dienone is 4. The van der Waals surface area contributed by atoms with Crippen LogP contribution in [0.5, 0.6) is 0 Å². The van der Waals surface area contributed by atoms with Crippen molar-refractivity contribution in [2.45, 2.75) is 40.5 Å². The predicted octanol–water partition coefficient (Wildman–Crippen LogP) is 5.85. The van der Waals surface area contributed by atoms with Gasteiger partial charge in [-0.15, -0.1) is 0 Å². The molecule has 0 aromatic heterocycles. The van der Waals surface area contributed by atoms with E-state index in [0.717, 1.165) is 12.8 Å². The monoisotopic (exact) mass is 560 g/mol. The van der Waals surface area contributed by atoms with Crippen molar-refractivity contribution in [2.24, 2.45) is 0 Å². The zero-order valence-electron chi connectivity index (χ0n) is 21.9. The molecule has 4 aromatic rings. The molecule has 0 radical (unpaired) electrons. The Kier molecular flexibility index (Phi) is 5.63. The Labute approximate surface area is 218 Å². The van der Waals surface area contributed by atoms with Crippen molar-refractivity contribution < 1.29 is 17.4 Å². The molecule has 0 spiro atoms. The third kappa shape index (κ3) is 3.27. The zero-order chi connectivity index (χ0) is 25.1. The van der Waals surface area contributed by atoms with Crippen molar-refractivity contribution in [1.29, 1.82) is 0 Å². The molecular weight excluding hydrogens is 528 g/mol. The van der Waals surface area contributed by atoms with Gasteiger partial charge in [-0.05, 0) is 0 Å². The van der Waals surface area contributed by atoms with E-state index in [1.807, 2.05) is 0 Å². The van der Waals surface area contributed by atoms with Gasteiger partial charge in [-0.1, -0.05) is 0 Å². The van der Waals surface area contributed by atoms with Gasteiger partial charge in [0.1, 0.15) is 0 Å². The summed E-state index contributed by atoms with van der Waals surface area (Å²) in [4.78, 5) is 0. The fraction of sp³-hybridized carbons (Fsp3) is 0.176. The Hall–Kier alpha value is -2.54. The molecular formula is C34H34SiZr. The third-order valence-corrected chi connectivity index (χ3v) is 35.0. The molecule has 0 nitrogen and oxygen atoms in total. The standard InChI is InChI=1S/C15H13.2C7H7.C5H5.H2Si.Zr/c1-10-3-5-14-12(7-10)9-13-8-11(2)4-6-15(13)14;2*1-7-5-3-2-4-6-7;1-2-4-5-3-1;;/h3-7H,9H2,1-2H3;2*2-3,5-6H,1H3;1-3H,4H2;1H2;. The Bertz CT molecular complexity index is 1630. The summed E-state index contributed by atoms with van der Waals surface area (Å²) in [5.41, 5.74) is 11.4. The third-order valence-electron chi connectivity index (χ3n) is 8.78. The molecule has 0 saturated carbocycles. The maximum absolute atomic E-state index is 4.33. The molecule has 0 fully saturated rings. The van der Waals surface area contributed by atoms with Crippen molar-refractivity contribution in [3.63, 3.8) is 0 Å². The number of hydrogen-bond donors (Lipinski definition) is 0. The molecule has 0 unspecified atom stereocenters. The summed E-state index contributed by atoms with van der Waals surface area (Å²) < 4.78 is 6.47. The number of fused-ring (bicyclic) bond motifs is 3. The van der Waals surface area contributed by atoms with Crippen molar-refractivity contribution in [2.75, 3.05) is 0 Å².